The van der Waals surface area contributed by atoms with Crippen LogP contribution >= 0.6 is 0 Å². The third kappa shape index (κ3) is 2.50. The second-order valence-corrected chi connectivity index (χ2v) is 5.45. The van der Waals surface area contributed by atoms with Crippen LogP contribution in [0.3, 0.4) is 0 Å². The Hall–Kier alpha value is -1.99. The molecular weight excluding hydrogens is 272 g/mol. The topological polar surface area (TPSA) is 91.5 Å². The third-order valence-corrected chi connectivity index (χ3v) is 4.06. The van der Waals surface area contributed by atoms with Crippen LogP contribution in [0.25, 0.3) is 11.0 Å². The van der Waals surface area contributed by atoms with E-state index in [0.29, 0.717) is 25.1 Å². The summed E-state index contributed by atoms with van der Waals surface area (Å²) in [5.41, 5.74) is 2.05. The van der Waals surface area contributed by atoms with Crippen molar-refractivity contribution in [1.82, 2.24) is 19.7 Å². The van der Waals surface area contributed by atoms with E-state index in [1.807, 2.05) is 0 Å². The Kier molecular flexibility index (Phi) is 3.60. The van der Waals surface area contributed by atoms with E-state index in [-0.39, 0.29) is 18.4 Å². The van der Waals surface area contributed by atoms with Crippen molar-refractivity contribution in [2.75, 3.05) is 19.7 Å². The van der Waals surface area contributed by atoms with Gasteiger partial charge in [-0.3, -0.25) is 14.5 Å². The average molecular weight is 290 g/mol. The number of hydrogen-bond acceptors (Lipinski definition) is 5. The van der Waals surface area contributed by atoms with Gasteiger partial charge in [-0.05, 0) is 12.5 Å². The molecule has 2 aromatic heterocycles. The molecule has 2 N–H and O–H groups in total. The Morgan fingerprint density at radius 2 is 2.29 bits per heavy atom. The van der Waals surface area contributed by atoms with Crippen molar-refractivity contribution < 1.29 is 15.0 Å². The first kappa shape index (κ1) is 14.0. The Morgan fingerprint density at radius 1 is 1.48 bits per heavy atom. The van der Waals surface area contributed by atoms with Gasteiger partial charge in [-0.2, -0.15) is 5.10 Å². The van der Waals surface area contributed by atoms with E-state index in [9.17, 15) is 15.0 Å². The maximum absolute atomic E-state index is 12.5. The molecule has 1 aliphatic heterocycles. The van der Waals surface area contributed by atoms with Crippen molar-refractivity contribution in [1.29, 1.82) is 0 Å². The highest BCUT2D eigenvalue weighted by Gasteiger charge is 2.30. The number of carbonyl (C=O) groups is 1. The molecule has 0 aromatic carbocycles. The first-order chi connectivity index (χ1) is 10.1. The minimum atomic E-state index is -0.545. The number of carbonyl (C=O) groups excluding carboxylic acids is 1. The van der Waals surface area contributed by atoms with Gasteiger partial charge in [0.15, 0.2) is 0 Å². The van der Waals surface area contributed by atoms with Crippen molar-refractivity contribution >= 4 is 16.9 Å². The summed E-state index contributed by atoms with van der Waals surface area (Å²) in [6, 6.07) is 1.77. The number of aryl methyl sites for hydroxylation is 1. The Balaban J connectivity index is 1.84. The molecule has 0 radical (unpaired) electrons. The molecule has 112 valence electrons. The average Bonchev–Trinajstić information content (AvgIpc) is 2.88. The SMILES string of the molecule is Cn1ncc2ncc(C(=O)N3CC[C@H](O)[C@H](CO)C3)cc21. The van der Waals surface area contributed by atoms with Crippen LogP contribution in [0.1, 0.15) is 16.8 Å². The Bertz CT molecular complexity index is 669. The number of fused-ring (bicyclic) bond motifs is 1. The number of piperidine rings is 1. The fraction of sp³-hybridized carbons (Fsp3) is 0.500. The van der Waals surface area contributed by atoms with Crippen LogP contribution in [0.2, 0.25) is 0 Å². The zero-order valence-corrected chi connectivity index (χ0v) is 11.8. The highest BCUT2D eigenvalue weighted by Crippen LogP contribution is 2.20. The maximum atomic E-state index is 12.5. The highest BCUT2D eigenvalue weighted by atomic mass is 16.3. The fourth-order valence-electron chi connectivity index (χ4n) is 2.71. The van der Waals surface area contributed by atoms with Gasteiger partial charge in [0, 0.05) is 32.3 Å². The molecule has 0 bridgehead atoms. The number of amides is 1. The summed E-state index contributed by atoms with van der Waals surface area (Å²) < 4.78 is 1.68. The monoisotopic (exact) mass is 290 g/mol. The van der Waals surface area contributed by atoms with Crippen LogP contribution in [-0.4, -0.2) is 61.6 Å². The lowest BCUT2D eigenvalue weighted by Crippen LogP contribution is -2.47. The predicted octanol–water partition coefficient (Wildman–Crippen LogP) is -0.216. The van der Waals surface area contributed by atoms with E-state index < -0.39 is 6.10 Å². The number of likely N-dealkylation sites (tertiary alicyclic amines) is 1. The molecule has 1 saturated heterocycles. The van der Waals surface area contributed by atoms with Gasteiger partial charge < -0.3 is 15.1 Å². The van der Waals surface area contributed by atoms with Crippen molar-refractivity contribution in [2.45, 2.75) is 12.5 Å². The lowest BCUT2D eigenvalue weighted by molar-refractivity contribution is 0.00344. The van der Waals surface area contributed by atoms with Gasteiger partial charge in [0.1, 0.15) is 5.52 Å². The van der Waals surface area contributed by atoms with E-state index in [2.05, 4.69) is 10.1 Å². The lowest BCUT2D eigenvalue weighted by atomic mass is 9.95. The van der Waals surface area contributed by atoms with Gasteiger partial charge in [-0.1, -0.05) is 0 Å². The molecule has 0 saturated carbocycles. The second kappa shape index (κ2) is 5.42. The van der Waals surface area contributed by atoms with Crippen molar-refractivity contribution in [3.63, 3.8) is 0 Å². The first-order valence-corrected chi connectivity index (χ1v) is 6.96. The van der Waals surface area contributed by atoms with Crippen LogP contribution in [-0.2, 0) is 7.05 Å². The molecular formula is C14H18N4O3. The van der Waals surface area contributed by atoms with Crippen molar-refractivity contribution in [2.24, 2.45) is 13.0 Å². The number of aliphatic hydroxyl groups excluding tert-OH is 2. The number of hydrogen-bond donors (Lipinski definition) is 2. The number of pyridine rings is 1. The molecule has 0 spiro atoms. The molecule has 0 unspecified atom stereocenters. The molecule has 3 rings (SSSR count). The molecule has 1 fully saturated rings. The molecule has 3 heterocycles. The molecule has 0 aliphatic carbocycles. The smallest absolute Gasteiger partial charge is 0.255 e. The zero-order chi connectivity index (χ0) is 15.0. The van der Waals surface area contributed by atoms with Crippen LogP contribution in [0.15, 0.2) is 18.5 Å². The van der Waals surface area contributed by atoms with E-state index in [1.165, 1.54) is 0 Å². The molecule has 1 aliphatic rings. The Labute approximate surface area is 121 Å². The number of aliphatic hydroxyl groups is 2. The summed E-state index contributed by atoms with van der Waals surface area (Å²) in [4.78, 5) is 18.4. The van der Waals surface area contributed by atoms with E-state index >= 15 is 0 Å². The van der Waals surface area contributed by atoms with Crippen molar-refractivity contribution in [3.05, 3.63) is 24.0 Å². The third-order valence-electron chi connectivity index (χ3n) is 4.06. The minimum absolute atomic E-state index is 0.121. The molecule has 2 atom stereocenters. The normalized spacial score (nSPS) is 22.7. The molecule has 1 amide bonds. The minimum Gasteiger partial charge on any atom is -0.396 e. The second-order valence-electron chi connectivity index (χ2n) is 5.45. The molecule has 21 heavy (non-hydrogen) atoms. The van der Waals surface area contributed by atoms with Gasteiger partial charge in [0.2, 0.25) is 0 Å². The zero-order valence-electron chi connectivity index (χ0n) is 11.8. The summed E-state index contributed by atoms with van der Waals surface area (Å²) >= 11 is 0. The van der Waals surface area contributed by atoms with E-state index in [0.717, 1.165) is 11.0 Å². The standard InChI is InChI=1S/C14H18N4O3/c1-17-12-4-9(5-15-11(12)6-16-17)14(21)18-3-2-13(20)10(7-18)8-19/h4-6,10,13,19-20H,2-3,7-8H2,1H3/t10-,13-/m0/s1. The van der Waals surface area contributed by atoms with Gasteiger partial charge in [-0.25, -0.2) is 0 Å². The molecule has 2 aromatic rings. The van der Waals surface area contributed by atoms with Crippen LogP contribution < -0.4 is 0 Å². The van der Waals surface area contributed by atoms with E-state index in [1.54, 1.807) is 35.1 Å². The summed E-state index contributed by atoms with van der Waals surface area (Å²) in [7, 11) is 1.80. The first-order valence-electron chi connectivity index (χ1n) is 6.96. The number of aromatic nitrogens is 3. The number of nitrogens with zero attached hydrogens (tertiary/aromatic N) is 4. The Morgan fingerprint density at radius 3 is 3.05 bits per heavy atom. The summed E-state index contributed by atoms with van der Waals surface area (Å²) in [5.74, 6) is -0.410. The van der Waals surface area contributed by atoms with Gasteiger partial charge in [-0.15, -0.1) is 0 Å². The van der Waals surface area contributed by atoms with Gasteiger partial charge in [0.25, 0.3) is 5.91 Å². The quantitative estimate of drug-likeness (QED) is 0.798. The largest absolute Gasteiger partial charge is 0.396 e. The maximum Gasteiger partial charge on any atom is 0.255 e. The van der Waals surface area contributed by atoms with Gasteiger partial charge in [0.05, 0.1) is 30.0 Å². The molecule has 7 nitrogen and oxygen atoms in total. The van der Waals surface area contributed by atoms with Gasteiger partial charge >= 0.3 is 0 Å². The molecule has 7 heteroatoms. The van der Waals surface area contributed by atoms with Crippen LogP contribution in [0.5, 0.6) is 0 Å². The lowest BCUT2D eigenvalue weighted by Gasteiger charge is -2.35. The summed E-state index contributed by atoms with van der Waals surface area (Å²) in [6.07, 6.45) is 3.14. The van der Waals surface area contributed by atoms with E-state index in [4.69, 9.17) is 0 Å². The van der Waals surface area contributed by atoms with Crippen molar-refractivity contribution in [3.8, 4) is 0 Å². The summed E-state index contributed by atoms with van der Waals surface area (Å²) in [5, 5.41) is 23.1. The van der Waals surface area contributed by atoms with Crippen LogP contribution in [0, 0.1) is 5.92 Å². The van der Waals surface area contributed by atoms with Crippen LogP contribution in [0.4, 0.5) is 0 Å². The summed E-state index contributed by atoms with van der Waals surface area (Å²) in [6.45, 7) is 0.726. The highest BCUT2D eigenvalue weighted by molar-refractivity contribution is 5.96. The fourth-order valence-corrected chi connectivity index (χ4v) is 2.71. The predicted molar refractivity (Wildman–Crippen MR) is 75.6 cm³/mol. The number of rotatable bonds is 2.